The molecular formula is C21H26ClFN4O4S. The van der Waals surface area contributed by atoms with Crippen molar-refractivity contribution in [3.8, 4) is 5.75 Å². The second kappa shape index (κ2) is 11.0. The molecule has 2 aromatic carbocycles. The van der Waals surface area contributed by atoms with E-state index in [1.807, 2.05) is 0 Å². The third-order valence-electron chi connectivity index (χ3n) is 4.99. The van der Waals surface area contributed by atoms with E-state index < -0.39 is 10.0 Å². The van der Waals surface area contributed by atoms with E-state index in [1.165, 1.54) is 24.3 Å². The topological polar surface area (TPSA) is 105 Å². The Morgan fingerprint density at radius 1 is 1.12 bits per heavy atom. The lowest BCUT2D eigenvalue weighted by Crippen LogP contribution is -2.49. The number of nitrogens with zero attached hydrogens (tertiary/aromatic N) is 2. The Hall–Kier alpha value is -2.40. The number of sulfonamides is 1. The van der Waals surface area contributed by atoms with E-state index in [1.54, 1.807) is 23.1 Å². The number of hydrogen-bond acceptors (Lipinski definition) is 6. The molecule has 2 aromatic rings. The Morgan fingerprint density at radius 2 is 1.81 bits per heavy atom. The summed E-state index contributed by atoms with van der Waals surface area (Å²) in [6.07, 6.45) is 0. The standard InChI is InChI=1S/C21H26ClFN4O4S/c22-17-3-6-20(19(13-17)25-32(29,30)12-7-24)31-15-21(28)27-10-8-26(9-11-27)14-16-1-4-18(23)5-2-16/h1-6,13,25H,7-12,14-15,24H2. The Balaban J connectivity index is 1.52. The quantitative estimate of drug-likeness (QED) is 0.563. The first-order valence-electron chi connectivity index (χ1n) is 10.1. The second-order valence-corrected chi connectivity index (χ2v) is 9.70. The third-order valence-corrected chi connectivity index (χ3v) is 6.53. The largest absolute Gasteiger partial charge is 0.482 e. The number of halogens is 2. The van der Waals surface area contributed by atoms with Gasteiger partial charge in [-0.2, -0.15) is 0 Å². The van der Waals surface area contributed by atoms with Gasteiger partial charge in [-0.1, -0.05) is 23.7 Å². The molecule has 0 radical (unpaired) electrons. The third kappa shape index (κ3) is 7.06. The predicted molar refractivity (Wildman–Crippen MR) is 122 cm³/mol. The summed E-state index contributed by atoms with van der Waals surface area (Å²) in [5.74, 6) is -0.504. The van der Waals surface area contributed by atoms with Gasteiger partial charge in [-0.15, -0.1) is 0 Å². The van der Waals surface area contributed by atoms with Crippen LogP contribution in [0.2, 0.25) is 5.02 Å². The molecule has 1 heterocycles. The maximum absolute atomic E-state index is 13.0. The van der Waals surface area contributed by atoms with Gasteiger partial charge >= 0.3 is 0 Å². The van der Waals surface area contributed by atoms with Crippen LogP contribution < -0.4 is 15.2 Å². The van der Waals surface area contributed by atoms with Gasteiger partial charge < -0.3 is 15.4 Å². The summed E-state index contributed by atoms with van der Waals surface area (Å²) >= 11 is 5.97. The maximum atomic E-state index is 13.0. The Morgan fingerprint density at radius 3 is 2.47 bits per heavy atom. The van der Waals surface area contributed by atoms with E-state index in [-0.39, 0.29) is 42.1 Å². The van der Waals surface area contributed by atoms with Gasteiger partial charge in [-0.3, -0.25) is 14.4 Å². The van der Waals surface area contributed by atoms with E-state index >= 15 is 0 Å². The molecule has 0 bridgehead atoms. The molecule has 1 saturated heterocycles. The zero-order chi connectivity index (χ0) is 23.1. The SMILES string of the molecule is NCCS(=O)(=O)Nc1cc(Cl)ccc1OCC(=O)N1CCN(Cc2ccc(F)cc2)CC1. The lowest BCUT2D eigenvalue weighted by molar-refractivity contribution is -0.135. The van der Waals surface area contributed by atoms with Gasteiger partial charge in [0, 0.05) is 44.3 Å². The number of benzene rings is 2. The fraction of sp³-hybridized carbons (Fsp3) is 0.381. The van der Waals surface area contributed by atoms with E-state index in [9.17, 15) is 17.6 Å². The number of piperazine rings is 1. The van der Waals surface area contributed by atoms with Crippen LogP contribution in [0.5, 0.6) is 5.75 Å². The van der Waals surface area contributed by atoms with Crippen molar-refractivity contribution in [3.63, 3.8) is 0 Å². The van der Waals surface area contributed by atoms with Gasteiger partial charge in [0.05, 0.1) is 11.4 Å². The summed E-state index contributed by atoms with van der Waals surface area (Å²) in [5.41, 5.74) is 6.50. The summed E-state index contributed by atoms with van der Waals surface area (Å²) in [7, 11) is -3.65. The minimum atomic E-state index is -3.65. The number of ether oxygens (including phenoxy) is 1. The maximum Gasteiger partial charge on any atom is 0.260 e. The van der Waals surface area contributed by atoms with Crippen LogP contribution in [0.15, 0.2) is 42.5 Å². The number of hydrogen-bond donors (Lipinski definition) is 2. The molecule has 1 aliphatic rings. The highest BCUT2D eigenvalue weighted by atomic mass is 35.5. The molecule has 8 nitrogen and oxygen atoms in total. The van der Waals surface area contributed by atoms with Crippen molar-refractivity contribution in [1.29, 1.82) is 0 Å². The summed E-state index contributed by atoms with van der Waals surface area (Å²) in [5, 5.41) is 0.325. The minimum Gasteiger partial charge on any atom is -0.482 e. The smallest absolute Gasteiger partial charge is 0.260 e. The van der Waals surface area contributed by atoms with Gasteiger partial charge in [-0.25, -0.2) is 12.8 Å². The zero-order valence-electron chi connectivity index (χ0n) is 17.5. The van der Waals surface area contributed by atoms with Crippen LogP contribution in [0.4, 0.5) is 10.1 Å². The predicted octanol–water partition coefficient (Wildman–Crippen LogP) is 1.90. The van der Waals surface area contributed by atoms with Crippen LogP contribution in [-0.2, 0) is 21.4 Å². The Bertz CT molecular complexity index is 1030. The molecule has 3 rings (SSSR count). The monoisotopic (exact) mass is 484 g/mol. The van der Waals surface area contributed by atoms with E-state index in [0.29, 0.717) is 37.7 Å². The highest BCUT2D eigenvalue weighted by molar-refractivity contribution is 7.92. The van der Waals surface area contributed by atoms with Gasteiger partial charge in [-0.05, 0) is 35.9 Å². The van der Waals surface area contributed by atoms with Crippen molar-refractivity contribution in [1.82, 2.24) is 9.80 Å². The molecule has 0 aromatic heterocycles. The van der Waals surface area contributed by atoms with Gasteiger partial charge in [0.1, 0.15) is 11.6 Å². The summed E-state index contributed by atoms with van der Waals surface area (Å²) in [4.78, 5) is 16.5. The number of nitrogens with one attached hydrogen (secondary N) is 1. The number of rotatable bonds is 9. The fourth-order valence-electron chi connectivity index (χ4n) is 3.32. The van der Waals surface area contributed by atoms with E-state index in [0.717, 1.165) is 5.56 Å². The first-order chi connectivity index (χ1) is 15.3. The normalized spacial score (nSPS) is 14.9. The molecular weight excluding hydrogens is 459 g/mol. The molecule has 1 fully saturated rings. The molecule has 174 valence electrons. The first kappa shape index (κ1) is 24.2. The molecule has 3 N–H and O–H groups in total. The molecule has 32 heavy (non-hydrogen) atoms. The second-order valence-electron chi connectivity index (χ2n) is 7.42. The van der Waals surface area contributed by atoms with Crippen LogP contribution in [0, 0.1) is 5.82 Å². The highest BCUT2D eigenvalue weighted by Crippen LogP contribution is 2.29. The number of nitrogens with two attached hydrogens (primary N) is 1. The van der Waals surface area contributed by atoms with Crippen LogP contribution in [0.1, 0.15) is 5.56 Å². The van der Waals surface area contributed by atoms with Crippen LogP contribution >= 0.6 is 11.6 Å². The lowest BCUT2D eigenvalue weighted by atomic mass is 10.2. The number of carbonyl (C=O) groups is 1. The van der Waals surface area contributed by atoms with Crippen LogP contribution in [-0.4, -0.2) is 69.2 Å². The van der Waals surface area contributed by atoms with E-state index in [4.69, 9.17) is 22.1 Å². The summed E-state index contributed by atoms with van der Waals surface area (Å²) < 4.78 is 45.1. The van der Waals surface area contributed by atoms with Crippen molar-refractivity contribution >= 4 is 33.2 Å². The molecule has 1 aliphatic heterocycles. The van der Waals surface area contributed by atoms with Crippen molar-refractivity contribution in [2.24, 2.45) is 5.73 Å². The van der Waals surface area contributed by atoms with E-state index in [2.05, 4.69) is 9.62 Å². The molecule has 0 unspecified atom stereocenters. The van der Waals surface area contributed by atoms with Crippen molar-refractivity contribution in [2.45, 2.75) is 6.54 Å². The van der Waals surface area contributed by atoms with Crippen LogP contribution in [0.3, 0.4) is 0 Å². The number of amides is 1. The first-order valence-corrected chi connectivity index (χ1v) is 12.2. The van der Waals surface area contributed by atoms with Gasteiger partial charge in [0.25, 0.3) is 5.91 Å². The molecule has 11 heteroatoms. The van der Waals surface area contributed by atoms with Crippen molar-refractivity contribution in [2.75, 3.05) is 49.8 Å². The average Bonchev–Trinajstić information content (AvgIpc) is 2.75. The summed E-state index contributed by atoms with van der Waals surface area (Å²) in [6, 6.07) is 10.9. The minimum absolute atomic E-state index is 0.0300. The Kier molecular flexibility index (Phi) is 8.30. The molecule has 0 spiro atoms. The lowest BCUT2D eigenvalue weighted by Gasteiger charge is -2.34. The summed E-state index contributed by atoms with van der Waals surface area (Å²) in [6.45, 7) is 2.89. The Labute approximate surface area is 192 Å². The molecule has 0 saturated carbocycles. The fourth-order valence-corrected chi connectivity index (χ4v) is 4.39. The molecule has 1 amide bonds. The number of anilines is 1. The molecule has 0 atom stereocenters. The van der Waals surface area contributed by atoms with Crippen molar-refractivity contribution < 1.29 is 22.3 Å². The zero-order valence-corrected chi connectivity index (χ0v) is 19.0. The van der Waals surface area contributed by atoms with Crippen molar-refractivity contribution in [3.05, 3.63) is 58.9 Å². The van der Waals surface area contributed by atoms with Gasteiger partial charge in [0.15, 0.2) is 6.61 Å². The molecule has 0 aliphatic carbocycles. The highest BCUT2D eigenvalue weighted by Gasteiger charge is 2.22. The number of carbonyl (C=O) groups excluding carboxylic acids is 1. The van der Waals surface area contributed by atoms with Gasteiger partial charge in [0.2, 0.25) is 10.0 Å². The average molecular weight is 485 g/mol. The van der Waals surface area contributed by atoms with Crippen LogP contribution in [0.25, 0.3) is 0 Å².